The number of pyridine rings is 1. The molecule has 0 bridgehead atoms. The van der Waals surface area contributed by atoms with E-state index in [-0.39, 0.29) is 0 Å². The van der Waals surface area contributed by atoms with Crippen LogP contribution in [0.4, 0.5) is 0 Å². The summed E-state index contributed by atoms with van der Waals surface area (Å²) < 4.78 is 2.56. The van der Waals surface area contributed by atoms with E-state index in [9.17, 15) is 0 Å². The average Bonchev–Trinajstić information content (AvgIpc) is 2.99. The maximum atomic E-state index is 5.29. The Morgan fingerprint density at radius 3 is 3.00 bits per heavy atom. The molecular formula is C12H11N5S2. The Morgan fingerprint density at radius 1 is 1.42 bits per heavy atom. The van der Waals surface area contributed by atoms with Gasteiger partial charge in [-0.2, -0.15) is 5.10 Å². The van der Waals surface area contributed by atoms with E-state index in [0.29, 0.717) is 11.3 Å². The van der Waals surface area contributed by atoms with Crippen LogP contribution in [0.25, 0.3) is 11.4 Å². The first kappa shape index (κ1) is 12.2. The number of nitrogens with zero attached hydrogens (tertiary/aromatic N) is 4. The first-order valence-electron chi connectivity index (χ1n) is 5.71. The first-order chi connectivity index (χ1) is 9.24. The van der Waals surface area contributed by atoms with Gasteiger partial charge in [-0.05, 0) is 31.3 Å². The number of thiazole rings is 1. The molecule has 7 heteroatoms. The van der Waals surface area contributed by atoms with Crippen molar-refractivity contribution in [3.05, 3.63) is 45.4 Å². The van der Waals surface area contributed by atoms with Crippen molar-refractivity contribution in [3.8, 4) is 11.4 Å². The molecule has 0 spiro atoms. The van der Waals surface area contributed by atoms with E-state index >= 15 is 0 Å². The van der Waals surface area contributed by atoms with Gasteiger partial charge in [-0.1, -0.05) is 0 Å². The molecule has 3 heterocycles. The summed E-state index contributed by atoms with van der Waals surface area (Å²) in [5, 5.41) is 8.16. The zero-order valence-electron chi connectivity index (χ0n) is 10.2. The Morgan fingerprint density at radius 2 is 2.32 bits per heavy atom. The summed E-state index contributed by atoms with van der Waals surface area (Å²) in [5.41, 5.74) is 0.941. The second kappa shape index (κ2) is 5.02. The topological polar surface area (TPSA) is 59.4 Å². The second-order valence-corrected chi connectivity index (χ2v) is 5.73. The van der Waals surface area contributed by atoms with Crippen LogP contribution in [0, 0.1) is 11.7 Å². The van der Waals surface area contributed by atoms with E-state index in [2.05, 4.69) is 20.2 Å². The van der Waals surface area contributed by atoms with Crippen LogP contribution < -0.4 is 0 Å². The third-order valence-electron chi connectivity index (χ3n) is 2.66. The van der Waals surface area contributed by atoms with Crippen LogP contribution in [0.2, 0.25) is 0 Å². The summed E-state index contributed by atoms with van der Waals surface area (Å²) in [6.45, 7) is 2.66. The monoisotopic (exact) mass is 289 g/mol. The van der Waals surface area contributed by atoms with Crippen molar-refractivity contribution in [2.45, 2.75) is 13.5 Å². The summed E-state index contributed by atoms with van der Waals surface area (Å²) in [6.07, 6.45) is 5.39. The van der Waals surface area contributed by atoms with Crippen molar-refractivity contribution in [2.24, 2.45) is 0 Å². The van der Waals surface area contributed by atoms with E-state index in [1.54, 1.807) is 23.7 Å². The van der Waals surface area contributed by atoms with Gasteiger partial charge < -0.3 is 0 Å². The SMILES string of the molecule is Cc1ncc(Cn2c(-c3cccnc3)n[nH]c2=S)s1. The number of aryl methyl sites for hydroxylation is 1. The molecule has 0 aliphatic carbocycles. The lowest BCUT2D eigenvalue weighted by atomic mass is 10.3. The molecular weight excluding hydrogens is 278 g/mol. The van der Waals surface area contributed by atoms with Gasteiger partial charge in [-0.15, -0.1) is 11.3 Å². The number of aromatic amines is 1. The lowest BCUT2D eigenvalue weighted by molar-refractivity contribution is 0.800. The summed E-state index contributed by atoms with van der Waals surface area (Å²) in [7, 11) is 0. The van der Waals surface area contributed by atoms with E-state index in [4.69, 9.17) is 12.2 Å². The van der Waals surface area contributed by atoms with Crippen molar-refractivity contribution in [2.75, 3.05) is 0 Å². The Hall–Kier alpha value is -1.86. The van der Waals surface area contributed by atoms with Gasteiger partial charge in [-0.3, -0.25) is 14.6 Å². The fourth-order valence-corrected chi connectivity index (χ4v) is 2.79. The summed E-state index contributed by atoms with van der Waals surface area (Å²) >= 11 is 6.95. The Balaban J connectivity index is 2.02. The second-order valence-electron chi connectivity index (χ2n) is 4.03. The molecule has 0 saturated heterocycles. The highest BCUT2D eigenvalue weighted by molar-refractivity contribution is 7.71. The van der Waals surface area contributed by atoms with Gasteiger partial charge in [-0.25, -0.2) is 4.98 Å². The third-order valence-corrected chi connectivity index (χ3v) is 3.87. The minimum absolute atomic E-state index is 0.602. The standard InChI is InChI=1S/C12H11N5S2/c1-8-14-6-10(19-8)7-17-11(15-16-12(17)18)9-3-2-4-13-5-9/h2-6H,7H2,1H3,(H,16,18). The predicted molar refractivity (Wildman–Crippen MR) is 76.6 cm³/mol. The van der Waals surface area contributed by atoms with Gasteiger partial charge in [0.05, 0.1) is 11.6 Å². The van der Waals surface area contributed by atoms with Crippen molar-refractivity contribution >= 4 is 23.6 Å². The molecule has 3 aromatic rings. The highest BCUT2D eigenvalue weighted by atomic mass is 32.1. The van der Waals surface area contributed by atoms with Gasteiger partial charge in [0.25, 0.3) is 0 Å². The van der Waals surface area contributed by atoms with E-state index in [0.717, 1.165) is 21.3 Å². The van der Waals surface area contributed by atoms with Gasteiger partial charge >= 0.3 is 0 Å². The molecule has 96 valence electrons. The molecule has 0 unspecified atom stereocenters. The quantitative estimate of drug-likeness (QED) is 0.753. The summed E-state index contributed by atoms with van der Waals surface area (Å²) in [4.78, 5) is 9.52. The fraction of sp³-hybridized carbons (Fsp3) is 0.167. The Kier molecular flexibility index (Phi) is 3.22. The zero-order valence-corrected chi connectivity index (χ0v) is 11.8. The van der Waals surface area contributed by atoms with E-state index in [1.807, 2.05) is 29.8 Å². The van der Waals surface area contributed by atoms with Gasteiger partial charge in [0.2, 0.25) is 0 Å². The number of H-pyrrole nitrogens is 1. The van der Waals surface area contributed by atoms with Gasteiger partial charge in [0.15, 0.2) is 10.6 Å². The molecule has 0 atom stereocenters. The van der Waals surface area contributed by atoms with E-state index < -0.39 is 0 Å². The molecule has 5 nitrogen and oxygen atoms in total. The lowest BCUT2D eigenvalue weighted by Gasteiger charge is -2.04. The molecule has 3 aromatic heterocycles. The predicted octanol–water partition coefficient (Wildman–Crippen LogP) is 2.82. The van der Waals surface area contributed by atoms with Crippen molar-refractivity contribution in [1.82, 2.24) is 24.7 Å². The van der Waals surface area contributed by atoms with Crippen LogP contribution in [0.5, 0.6) is 0 Å². The molecule has 0 aliphatic rings. The molecule has 3 rings (SSSR count). The highest BCUT2D eigenvalue weighted by Crippen LogP contribution is 2.19. The molecule has 19 heavy (non-hydrogen) atoms. The Bertz CT molecular complexity index is 741. The van der Waals surface area contributed by atoms with Crippen molar-refractivity contribution in [3.63, 3.8) is 0 Å². The molecule has 0 fully saturated rings. The third kappa shape index (κ3) is 2.47. The van der Waals surface area contributed by atoms with Crippen LogP contribution in [0.15, 0.2) is 30.7 Å². The van der Waals surface area contributed by atoms with Crippen LogP contribution in [0.3, 0.4) is 0 Å². The minimum atomic E-state index is 0.602. The number of hydrogen-bond acceptors (Lipinski definition) is 5. The maximum absolute atomic E-state index is 5.29. The maximum Gasteiger partial charge on any atom is 0.195 e. The number of nitrogens with one attached hydrogen (secondary N) is 1. The summed E-state index contributed by atoms with van der Waals surface area (Å²) in [6, 6.07) is 3.85. The number of rotatable bonds is 3. The molecule has 0 saturated carbocycles. The largest absolute Gasteiger partial charge is 0.295 e. The van der Waals surface area contributed by atoms with Crippen LogP contribution in [-0.4, -0.2) is 24.7 Å². The molecule has 1 N–H and O–H groups in total. The van der Waals surface area contributed by atoms with Gasteiger partial charge in [0, 0.05) is 29.0 Å². The Labute approximate surface area is 119 Å². The van der Waals surface area contributed by atoms with Crippen LogP contribution in [-0.2, 0) is 6.54 Å². The van der Waals surface area contributed by atoms with E-state index in [1.165, 1.54) is 0 Å². The van der Waals surface area contributed by atoms with Crippen molar-refractivity contribution in [1.29, 1.82) is 0 Å². The number of aromatic nitrogens is 5. The molecule has 0 radical (unpaired) electrons. The van der Waals surface area contributed by atoms with Gasteiger partial charge in [0.1, 0.15) is 0 Å². The fourth-order valence-electron chi connectivity index (χ4n) is 1.81. The highest BCUT2D eigenvalue weighted by Gasteiger charge is 2.10. The lowest BCUT2D eigenvalue weighted by Crippen LogP contribution is -2.01. The molecule has 0 aliphatic heterocycles. The van der Waals surface area contributed by atoms with Crippen molar-refractivity contribution < 1.29 is 0 Å². The summed E-state index contributed by atoms with van der Waals surface area (Å²) in [5.74, 6) is 0.796. The smallest absolute Gasteiger partial charge is 0.195 e. The van der Waals surface area contributed by atoms with Crippen LogP contribution >= 0.6 is 23.6 Å². The zero-order chi connectivity index (χ0) is 13.2. The number of hydrogen-bond donors (Lipinski definition) is 1. The molecule has 0 amide bonds. The first-order valence-corrected chi connectivity index (χ1v) is 6.93. The average molecular weight is 289 g/mol. The minimum Gasteiger partial charge on any atom is -0.295 e. The normalized spacial score (nSPS) is 10.8. The molecule has 0 aromatic carbocycles. The van der Waals surface area contributed by atoms with Crippen LogP contribution in [0.1, 0.15) is 9.88 Å².